The average molecular weight is 287 g/mol. The molecule has 6 heteroatoms. The topological polar surface area (TPSA) is 73.2 Å². The van der Waals surface area contributed by atoms with E-state index in [2.05, 4.69) is 10.4 Å². The number of carbonyl (C=O) groups is 2. The second-order valence-corrected chi connectivity index (χ2v) is 4.64. The molecule has 0 unspecified atom stereocenters. The summed E-state index contributed by atoms with van der Waals surface area (Å²) < 4.78 is 6.28. The third kappa shape index (κ3) is 3.92. The lowest BCUT2D eigenvalue weighted by Gasteiger charge is -2.16. The first-order chi connectivity index (χ1) is 10.1. The first-order valence-corrected chi connectivity index (χ1v) is 6.51. The highest BCUT2D eigenvalue weighted by molar-refractivity contribution is 5.96. The number of amides is 1. The first kappa shape index (κ1) is 14.8. The minimum Gasteiger partial charge on any atom is -0.467 e. The lowest BCUT2D eigenvalue weighted by atomic mass is 10.1. The van der Waals surface area contributed by atoms with Gasteiger partial charge in [-0.05, 0) is 5.56 Å². The largest absolute Gasteiger partial charge is 0.467 e. The summed E-state index contributed by atoms with van der Waals surface area (Å²) in [5.74, 6) is -0.828. The zero-order valence-electron chi connectivity index (χ0n) is 11.9. The fourth-order valence-corrected chi connectivity index (χ4v) is 1.97. The van der Waals surface area contributed by atoms with Gasteiger partial charge in [-0.2, -0.15) is 5.10 Å². The van der Waals surface area contributed by atoms with Crippen LogP contribution in [0.15, 0.2) is 42.7 Å². The molecular formula is C15H17N3O3. The van der Waals surface area contributed by atoms with E-state index in [4.69, 9.17) is 4.74 Å². The van der Waals surface area contributed by atoms with Crippen LogP contribution in [0.5, 0.6) is 0 Å². The van der Waals surface area contributed by atoms with Gasteiger partial charge in [-0.3, -0.25) is 9.48 Å². The van der Waals surface area contributed by atoms with E-state index in [1.165, 1.54) is 18.0 Å². The minimum absolute atomic E-state index is 0.352. The molecule has 1 aromatic heterocycles. The number of nitrogens with one attached hydrogen (secondary N) is 1. The van der Waals surface area contributed by atoms with Crippen molar-refractivity contribution >= 4 is 11.9 Å². The molecule has 0 saturated heterocycles. The molecule has 0 aliphatic rings. The Labute approximate surface area is 122 Å². The van der Waals surface area contributed by atoms with Gasteiger partial charge in [-0.1, -0.05) is 30.3 Å². The zero-order valence-corrected chi connectivity index (χ0v) is 11.9. The van der Waals surface area contributed by atoms with Crippen molar-refractivity contribution in [3.63, 3.8) is 0 Å². The molecule has 110 valence electrons. The van der Waals surface area contributed by atoms with E-state index in [0.717, 1.165) is 5.56 Å². The average Bonchev–Trinajstić information content (AvgIpc) is 2.93. The maximum Gasteiger partial charge on any atom is 0.328 e. The Kier molecular flexibility index (Phi) is 4.71. The van der Waals surface area contributed by atoms with Crippen LogP contribution in [0.1, 0.15) is 15.9 Å². The molecule has 0 aliphatic heterocycles. The highest BCUT2D eigenvalue weighted by atomic mass is 16.5. The van der Waals surface area contributed by atoms with Crippen molar-refractivity contribution < 1.29 is 14.3 Å². The molecule has 1 amide bonds. The summed E-state index contributed by atoms with van der Waals surface area (Å²) in [4.78, 5) is 23.9. The summed E-state index contributed by atoms with van der Waals surface area (Å²) in [6, 6.07) is 8.72. The van der Waals surface area contributed by atoms with Gasteiger partial charge in [0.2, 0.25) is 0 Å². The molecule has 0 radical (unpaired) electrons. The van der Waals surface area contributed by atoms with Crippen molar-refractivity contribution in [2.45, 2.75) is 12.5 Å². The van der Waals surface area contributed by atoms with Crippen molar-refractivity contribution in [1.82, 2.24) is 15.1 Å². The molecule has 0 bridgehead atoms. The smallest absolute Gasteiger partial charge is 0.328 e. The number of rotatable bonds is 5. The third-order valence-electron chi connectivity index (χ3n) is 3.04. The van der Waals surface area contributed by atoms with Crippen molar-refractivity contribution in [2.75, 3.05) is 7.11 Å². The Hall–Kier alpha value is -2.63. The molecule has 21 heavy (non-hydrogen) atoms. The number of hydrogen-bond acceptors (Lipinski definition) is 4. The van der Waals surface area contributed by atoms with Gasteiger partial charge in [-0.15, -0.1) is 0 Å². The highest BCUT2D eigenvalue weighted by Crippen LogP contribution is 2.06. The Balaban J connectivity index is 2.09. The Bertz CT molecular complexity index is 622. The maximum atomic E-state index is 12.1. The number of benzene rings is 1. The van der Waals surface area contributed by atoms with E-state index in [0.29, 0.717) is 12.0 Å². The Morgan fingerprint density at radius 1 is 1.33 bits per heavy atom. The Morgan fingerprint density at radius 3 is 2.62 bits per heavy atom. The van der Waals surface area contributed by atoms with E-state index in [1.807, 2.05) is 30.3 Å². The van der Waals surface area contributed by atoms with Gasteiger partial charge in [0.1, 0.15) is 6.04 Å². The SMILES string of the molecule is COC(=O)[C@@H](Cc1ccccc1)NC(=O)c1cnn(C)c1. The second kappa shape index (κ2) is 6.69. The standard InChI is InChI=1S/C15H17N3O3/c1-18-10-12(9-16-18)14(19)17-13(15(20)21-2)8-11-6-4-3-5-7-11/h3-7,9-10,13H,8H2,1-2H3,(H,17,19)/t13-/m1/s1. The quantitative estimate of drug-likeness (QED) is 0.830. The van der Waals surface area contributed by atoms with E-state index < -0.39 is 12.0 Å². The number of aromatic nitrogens is 2. The van der Waals surface area contributed by atoms with Gasteiger partial charge in [0, 0.05) is 19.7 Å². The van der Waals surface area contributed by atoms with Crippen LogP contribution < -0.4 is 5.32 Å². The Morgan fingerprint density at radius 2 is 2.05 bits per heavy atom. The predicted molar refractivity (Wildman–Crippen MR) is 76.6 cm³/mol. The molecule has 0 fully saturated rings. The van der Waals surface area contributed by atoms with Crippen LogP contribution in [-0.2, 0) is 23.0 Å². The van der Waals surface area contributed by atoms with Crippen LogP contribution in [0.2, 0.25) is 0 Å². The summed E-state index contributed by atoms with van der Waals surface area (Å²) in [5.41, 5.74) is 1.35. The van der Waals surface area contributed by atoms with Crippen LogP contribution in [0.4, 0.5) is 0 Å². The molecule has 0 aliphatic carbocycles. The summed E-state index contributed by atoms with van der Waals surface area (Å²) in [7, 11) is 3.02. The number of methoxy groups -OCH3 is 1. The van der Waals surface area contributed by atoms with E-state index in [9.17, 15) is 9.59 Å². The van der Waals surface area contributed by atoms with Crippen LogP contribution in [0.3, 0.4) is 0 Å². The number of nitrogens with zero attached hydrogens (tertiary/aromatic N) is 2. The molecule has 2 rings (SSSR count). The van der Waals surface area contributed by atoms with Gasteiger partial charge in [0.15, 0.2) is 0 Å². The highest BCUT2D eigenvalue weighted by Gasteiger charge is 2.23. The van der Waals surface area contributed by atoms with Gasteiger partial charge in [0.05, 0.1) is 18.9 Å². The number of esters is 1. The molecule has 1 atom stereocenters. The van der Waals surface area contributed by atoms with Crippen LogP contribution in [0, 0.1) is 0 Å². The molecule has 0 saturated carbocycles. The lowest BCUT2D eigenvalue weighted by Crippen LogP contribution is -2.43. The monoisotopic (exact) mass is 287 g/mol. The van der Waals surface area contributed by atoms with Crippen LogP contribution in [0.25, 0.3) is 0 Å². The van der Waals surface area contributed by atoms with Crippen molar-refractivity contribution in [3.8, 4) is 0 Å². The number of ether oxygens (including phenoxy) is 1. The summed E-state index contributed by atoms with van der Waals surface area (Å²) in [6.45, 7) is 0. The van der Waals surface area contributed by atoms with Crippen molar-refractivity contribution in [3.05, 3.63) is 53.9 Å². The molecule has 6 nitrogen and oxygen atoms in total. The fraction of sp³-hybridized carbons (Fsp3) is 0.267. The van der Waals surface area contributed by atoms with E-state index >= 15 is 0 Å². The molecule has 0 spiro atoms. The van der Waals surface area contributed by atoms with Gasteiger partial charge >= 0.3 is 5.97 Å². The fourth-order valence-electron chi connectivity index (χ4n) is 1.97. The van der Waals surface area contributed by atoms with Crippen LogP contribution in [-0.4, -0.2) is 34.8 Å². The molecular weight excluding hydrogens is 270 g/mol. The summed E-state index contributed by atoms with van der Waals surface area (Å²) >= 11 is 0. The minimum atomic E-state index is -0.731. The summed E-state index contributed by atoms with van der Waals surface area (Å²) in [6.07, 6.45) is 3.41. The number of hydrogen-bond donors (Lipinski definition) is 1. The zero-order chi connectivity index (χ0) is 15.2. The predicted octanol–water partition coefficient (Wildman–Crippen LogP) is 0.934. The van der Waals surface area contributed by atoms with E-state index in [1.54, 1.807) is 13.2 Å². The molecule has 1 heterocycles. The maximum absolute atomic E-state index is 12.1. The van der Waals surface area contributed by atoms with Crippen molar-refractivity contribution in [2.24, 2.45) is 7.05 Å². The first-order valence-electron chi connectivity index (χ1n) is 6.51. The molecule has 2 aromatic rings. The number of aryl methyl sites for hydroxylation is 1. The lowest BCUT2D eigenvalue weighted by molar-refractivity contribution is -0.142. The van der Waals surface area contributed by atoms with Gasteiger partial charge in [-0.25, -0.2) is 4.79 Å². The van der Waals surface area contributed by atoms with Gasteiger partial charge in [0.25, 0.3) is 5.91 Å². The molecule has 1 aromatic carbocycles. The summed E-state index contributed by atoms with van der Waals surface area (Å²) in [5, 5.41) is 6.61. The number of carbonyl (C=O) groups excluding carboxylic acids is 2. The normalized spacial score (nSPS) is 11.7. The molecule has 1 N–H and O–H groups in total. The van der Waals surface area contributed by atoms with Crippen molar-refractivity contribution in [1.29, 1.82) is 0 Å². The second-order valence-electron chi connectivity index (χ2n) is 4.64. The third-order valence-corrected chi connectivity index (χ3v) is 3.04. The van der Waals surface area contributed by atoms with Gasteiger partial charge < -0.3 is 10.1 Å². The van der Waals surface area contributed by atoms with Crippen LogP contribution >= 0.6 is 0 Å². The van der Waals surface area contributed by atoms with E-state index in [-0.39, 0.29) is 5.91 Å².